The molecule has 3 amide bonds. The number of methoxy groups -OCH3 is 1. The van der Waals surface area contributed by atoms with Crippen molar-refractivity contribution in [2.75, 3.05) is 32.6 Å². The number of carbonyl (C=O) groups is 3. The number of urea groups is 1. The summed E-state index contributed by atoms with van der Waals surface area (Å²) in [4.78, 5) is 40.3. The molecule has 2 saturated heterocycles. The highest BCUT2D eigenvalue weighted by molar-refractivity contribution is 8.00. The normalized spacial score (nSPS) is 27.9. The molecule has 7 nitrogen and oxygen atoms in total. The molecule has 3 aliphatic rings. The van der Waals surface area contributed by atoms with E-state index in [1.807, 2.05) is 4.90 Å². The summed E-state index contributed by atoms with van der Waals surface area (Å²) in [6.07, 6.45) is 5.66. The minimum absolute atomic E-state index is 0.0951. The Hall–Kier alpha value is -1.28. The Morgan fingerprint density at radius 2 is 2.00 bits per heavy atom. The summed E-state index contributed by atoms with van der Waals surface area (Å²) in [5.74, 6) is 0.443. The summed E-state index contributed by atoms with van der Waals surface area (Å²) in [6.45, 7) is 1.50. The van der Waals surface area contributed by atoms with Crippen LogP contribution >= 0.6 is 11.8 Å². The van der Waals surface area contributed by atoms with Crippen molar-refractivity contribution < 1.29 is 19.1 Å². The van der Waals surface area contributed by atoms with Crippen LogP contribution in [0.4, 0.5) is 4.79 Å². The zero-order chi connectivity index (χ0) is 17.2. The second-order valence-corrected chi connectivity index (χ2v) is 8.07. The van der Waals surface area contributed by atoms with E-state index >= 15 is 0 Å². The average molecular weight is 355 g/mol. The molecule has 1 aliphatic carbocycles. The SMILES string of the molecule is COC(=O)[C@H]1CN(CN2C(=O)NC3(CCCCCC3)C2=O)CCS1. The van der Waals surface area contributed by atoms with E-state index in [1.54, 1.807) is 11.8 Å². The van der Waals surface area contributed by atoms with Crippen LogP contribution in [-0.2, 0) is 14.3 Å². The molecular formula is C16H25N3O4S. The minimum atomic E-state index is -0.695. The first-order valence-electron chi connectivity index (χ1n) is 8.62. The Balaban J connectivity index is 1.65. The number of amides is 3. The van der Waals surface area contributed by atoms with E-state index in [-0.39, 0.29) is 29.8 Å². The molecule has 1 N–H and O–H groups in total. The monoisotopic (exact) mass is 355 g/mol. The zero-order valence-electron chi connectivity index (χ0n) is 14.1. The fourth-order valence-electron chi connectivity index (χ4n) is 3.78. The molecule has 1 atom stereocenters. The maximum atomic E-state index is 12.9. The first-order valence-corrected chi connectivity index (χ1v) is 9.66. The summed E-state index contributed by atoms with van der Waals surface area (Å²) in [5, 5.41) is 2.70. The number of hydrogen-bond donors (Lipinski definition) is 1. The van der Waals surface area contributed by atoms with Crippen LogP contribution in [0.1, 0.15) is 38.5 Å². The first-order chi connectivity index (χ1) is 11.6. The van der Waals surface area contributed by atoms with Crippen LogP contribution in [0.2, 0.25) is 0 Å². The van der Waals surface area contributed by atoms with Gasteiger partial charge in [-0.2, -0.15) is 0 Å². The predicted molar refractivity (Wildman–Crippen MR) is 90.5 cm³/mol. The lowest BCUT2D eigenvalue weighted by molar-refractivity contribution is -0.140. The van der Waals surface area contributed by atoms with E-state index in [0.717, 1.165) is 50.8 Å². The van der Waals surface area contributed by atoms with Crippen molar-refractivity contribution in [3.63, 3.8) is 0 Å². The van der Waals surface area contributed by atoms with Gasteiger partial charge in [-0.05, 0) is 12.8 Å². The molecule has 0 radical (unpaired) electrons. The Morgan fingerprint density at radius 1 is 1.29 bits per heavy atom. The van der Waals surface area contributed by atoms with Gasteiger partial charge >= 0.3 is 12.0 Å². The number of ether oxygens (including phenoxy) is 1. The molecule has 8 heteroatoms. The van der Waals surface area contributed by atoms with Gasteiger partial charge in [0.1, 0.15) is 10.8 Å². The molecule has 2 heterocycles. The highest BCUT2D eigenvalue weighted by atomic mass is 32.2. The number of imide groups is 1. The van der Waals surface area contributed by atoms with Gasteiger partial charge in [0.15, 0.2) is 0 Å². The van der Waals surface area contributed by atoms with Crippen molar-refractivity contribution in [2.24, 2.45) is 0 Å². The van der Waals surface area contributed by atoms with Gasteiger partial charge in [0.05, 0.1) is 13.8 Å². The fourth-order valence-corrected chi connectivity index (χ4v) is 4.98. The lowest BCUT2D eigenvalue weighted by atomic mass is 9.90. The van der Waals surface area contributed by atoms with Gasteiger partial charge in [0.25, 0.3) is 5.91 Å². The molecule has 24 heavy (non-hydrogen) atoms. The molecule has 1 saturated carbocycles. The third kappa shape index (κ3) is 3.39. The third-order valence-electron chi connectivity index (χ3n) is 5.16. The van der Waals surface area contributed by atoms with Crippen molar-refractivity contribution in [2.45, 2.75) is 49.3 Å². The van der Waals surface area contributed by atoms with Crippen LogP contribution < -0.4 is 5.32 Å². The Labute approximate surface area is 146 Å². The largest absolute Gasteiger partial charge is 0.468 e. The standard InChI is InChI=1S/C16H25N3O4S/c1-23-13(20)12-10-18(8-9-24-12)11-19-14(21)16(17-15(19)22)6-4-2-3-5-7-16/h12H,2-11H2,1H3,(H,17,22)/t12-/m1/s1. The molecule has 0 unspecified atom stereocenters. The van der Waals surface area contributed by atoms with E-state index < -0.39 is 5.54 Å². The van der Waals surface area contributed by atoms with Crippen molar-refractivity contribution in [3.8, 4) is 0 Å². The molecule has 0 aromatic heterocycles. The predicted octanol–water partition coefficient (Wildman–Crippen LogP) is 1.18. The number of carbonyl (C=O) groups excluding carboxylic acids is 3. The molecule has 2 aliphatic heterocycles. The zero-order valence-corrected chi connectivity index (χ0v) is 14.9. The number of nitrogens with one attached hydrogen (secondary N) is 1. The van der Waals surface area contributed by atoms with Gasteiger partial charge in [-0.3, -0.25) is 14.5 Å². The molecule has 0 aromatic carbocycles. The second kappa shape index (κ2) is 7.31. The van der Waals surface area contributed by atoms with Crippen molar-refractivity contribution in [1.29, 1.82) is 0 Å². The van der Waals surface area contributed by atoms with E-state index in [2.05, 4.69) is 5.32 Å². The number of nitrogens with zero attached hydrogens (tertiary/aromatic N) is 2. The summed E-state index contributed by atoms with van der Waals surface area (Å²) >= 11 is 1.56. The van der Waals surface area contributed by atoms with Crippen LogP contribution in [0.25, 0.3) is 0 Å². The molecular weight excluding hydrogens is 330 g/mol. The molecule has 3 fully saturated rings. The van der Waals surface area contributed by atoms with Gasteiger partial charge in [-0.25, -0.2) is 9.69 Å². The maximum absolute atomic E-state index is 12.9. The first kappa shape index (κ1) is 17.5. The van der Waals surface area contributed by atoms with Gasteiger partial charge in [-0.15, -0.1) is 11.8 Å². The van der Waals surface area contributed by atoms with Gasteiger partial charge in [-0.1, -0.05) is 25.7 Å². The lowest BCUT2D eigenvalue weighted by Crippen LogP contribution is -2.50. The van der Waals surface area contributed by atoms with Crippen LogP contribution in [0.3, 0.4) is 0 Å². The highest BCUT2D eigenvalue weighted by Gasteiger charge is 2.51. The number of thioether (sulfide) groups is 1. The number of hydrogen-bond acceptors (Lipinski definition) is 6. The highest BCUT2D eigenvalue weighted by Crippen LogP contribution is 2.33. The van der Waals surface area contributed by atoms with E-state index in [9.17, 15) is 14.4 Å². The maximum Gasteiger partial charge on any atom is 0.326 e. The fraction of sp³-hybridized carbons (Fsp3) is 0.812. The van der Waals surface area contributed by atoms with Crippen LogP contribution in [0.5, 0.6) is 0 Å². The third-order valence-corrected chi connectivity index (χ3v) is 6.32. The van der Waals surface area contributed by atoms with Crippen LogP contribution in [0.15, 0.2) is 0 Å². The Bertz CT molecular complexity index is 519. The molecule has 0 aromatic rings. The molecule has 1 spiro atoms. The smallest absolute Gasteiger partial charge is 0.326 e. The van der Waals surface area contributed by atoms with E-state index in [4.69, 9.17) is 4.74 Å². The molecule has 134 valence electrons. The lowest BCUT2D eigenvalue weighted by Gasteiger charge is -2.33. The number of esters is 1. The van der Waals surface area contributed by atoms with Gasteiger partial charge < -0.3 is 10.1 Å². The summed E-state index contributed by atoms with van der Waals surface area (Å²) < 4.78 is 4.81. The summed E-state index contributed by atoms with van der Waals surface area (Å²) in [7, 11) is 1.38. The molecule has 0 bridgehead atoms. The van der Waals surface area contributed by atoms with Gasteiger partial charge in [0, 0.05) is 18.8 Å². The Kier molecular flexibility index (Phi) is 5.34. The summed E-state index contributed by atoms with van der Waals surface area (Å²) in [5.41, 5.74) is -0.695. The second-order valence-electron chi connectivity index (χ2n) is 6.76. The van der Waals surface area contributed by atoms with Crippen molar-refractivity contribution >= 4 is 29.7 Å². The Morgan fingerprint density at radius 3 is 2.67 bits per heavy atom. The van der Waals surface area contributed by atoms with Crippen molar-refractivity contribution in [3.05, 3.63) is 0 Å². The topological polar surface area (TPSA) is 79.0 Å². The van der Waals surface area contributed by atoms with E-state index in [1.165, 1.54) is 12.0 Å². The van der Waals surface area contributed by atoms with Crippen molar-refractivity contribution in [1.82, 2.24) is 15.1 Å². The molecule has 3 rings (SSSR count). The summed E-state index contributed by atoms with van der Waals surface area (Å²) in [6, 6.07) is -0.297. The minimum Gasteiger partial charge on any atom is -0.468 e. The van der Waals surface area contributed by atoms with Crippen LogP contribution in [0, 0.1) is 0 Å². The average Bonchev–Trinajstić information content (AvgIpc) is 2.77. The number of rotatable bonds is 3. The van der Waals surface area contributed by atoms with Gasteiger partial charge in [0.2, 0.25) is 0 Å². The van der Waals surface area contributed by atoms with Crippen LogP contribution in [-0.4, -0.2) is 71.1 Å². The van der Waals surface area contributed by atoms with E-state index in [0.29, 0.717) is 6.54 Å². The quantitative estimate of drug-likeness (QED) is 0.605.